The molecule has 0 spiro atoms. The molecule has 1 N–H and O–H groups in total. The number of amides is 2. The first-order chi connectivity index (χ1) is 14.2. The van der Waals surface area contributed by atoms with Crippen molar-refractivity contribution in [1.29, 1.82) is 0 Å². The molecule has 0 radical (unpaired) electrons. The van der Waals surface area contributed by atoms with E-state index in [4.69, 9.17) is 4.74 Å². The van der Waals surface area contributed by atoms with Gasteiger partial charge >= 0.3 is 6.01 Å². The van der Waals surface area contributed by atoms with Crippen molar-refractivity contribution in [2.24, 2.45) is 0 Å². The number of hydrogen-bond acceptors (Lipinski definition) is 6. The highest BCUT2D eigenvalue weighted by Gasteiger charge is 2.35. The number of benzene rings is 2. The molecule has 7 nitrogen and oxygen atoms in total. The van der Waals surface area contributed by atoms with E-state index in [1.165, 1.54) is 0 Å². The Hall–Kier alpha value is -3.39. The molecule has 1 unspecified atom stereocenters. The number of rotatable bonds is 5. The third-order valence-corrected chi connectivity index (χ3v) is 5.35. The number of hydrogen-bond donors (Lipinski definition) is 1. The van der Waals surface area contributed by atoms with Crippen LogP contribution in [0, 0.1) is 0 Å². The van der Waals surface area contributed by atoms with E-state index >= 15 is 0 Å². The number of anilines is 1. The minimum atomic E-state index is -0.513. The van der Waals surface area contributed by atoms with Crippen molar-refractivity contribution in [3.63, 3.8) is 0 Å². The molecule has 1 atom stereocenters. The summed E-state index contributed by atoms with van der Waals surface area (Å²) in [5, 5.41) is 2.88. The molecular weight excluding hydrogens is 388 g/mol. The van der Waals surface area contributed by atoms with E-state index in [-0.39, 0.29) is 17.8 Å². The minimum absolute atomic E-state index is 0.137. The predicted octanol–water partition coefficient (Wildman–Crippen LogP) is 3.42. The minimum Gasteiger partial charge on any atom is -0.424 e. The van der Waals surface area contributed by atoms with Gasteiger partial charge in [-0.3, -0.25) is 9.59 Å². The number of nitrogens with zero attached hydrogens (tertiary/aromatic N) is 3. The lowest BCUT2D eigenvalue weighted by atomic mass is 10.1. The zero-order valence-corrected chi connectivity index (χ0v) is 16.2. The number of nitrogens with one attached hydrogen (secondary N) is 1. The van der Waals surface area contributed by atoms with Gasteiger partial charge in [0.25, 0.3) is 5.91 Å². The second kappa shape index (κ2) is 8.74. The Kier molecular flexibility index (Phi) is 5.71. The zero-order chi connectivity index (χ0) is 20.1. The van der Waals surface area contributed by atoms with Crippen LogP contribution in [0.5, 0.6) is 11.8 Å². The predicted molar refractivity (Wildman–Crippen MR) is 111 cm³/mol. The fourth-order valence-electron chi connectivity index (χ4n) is 2.88. The highest BCUT2D eigenvalue weighted by molar-refractivity contribution is 7.99. The molecule has 0 bridgehead atoms. The molecule has 4 rings (SSSR count). The van der Waals surface area contributed by atoms with Crippen molar-refractivity contribution in [2.45, 2.75) is 6.04 Å². The van der Waals surface area contributed by atoms with Crippen LogP contribution < -0.4 is 10.1 Å². The summed E-state index contributed by atoms with van der Waals surface area (Å²) in [6, 6.07) is 17.4. The lowest BCUT2D eigenvalue weighted by Crippen LogP contribution is -2.44. The van der Waals surface area contributed by atoms with E-state index in [2.05, 4.69) is 15.3 Å². The summed E-state index contributed by atoms with van der Waals surface area (Å²) in [4.78, 5) is 35.1. The van der Waals surface area contributed by atoms with Crippen molar-refractivity contribution < 1.29 is 14.3 Å². The second-order valence-electron chi connectivity index (χ2n) is 6.30. The van der Waals surface area contributed by atoms with Gasteiger partial charge in [0.15, 0.2) is 0 Å². The molecule has 2 aromatic carbocycles. The van der Waals surface area contributed by atoms with E-state index in [0.29, 0.717) is 28.6 Å². The van der Waals surface area contributed by atoms with E-state index in [1.54, 1.807) is 71.5 Å². The number of carbonyl (C=O) groups is 2. The van der Waals surface area contributed by atoms with Crippen LogP contribution in [0.3, 0.4) is 0 Å². The molecule has 1 aromatic heterocycles. The summed E-state index contributed by atoms with van der Waals surface area (Å²) in [7, 11) is 0. The lowest BCUT2D eigenvalue weighted by Gasteiger charge is -2.23. The summed E-state index contributed by atoms with van der Waals surface area (Å²) >= 11 is 1.57. The zero-order valence-electron chi connectivity index (χ0n) is 15.4. The Morgan fingerprint density at radius 2 is 1.72 bits per heavy atom. The summed E-state index contributed by atoms with van der Waals surface area (Å²) in [5.74, 6) is 1.28. The standard InChI is InChI=1S/C21H18N4O3S/c26-19(18-13-29-14-25(18)20(27)15-5-2-1-3-6-15)24-16-7-9-17(10-8-16)28-21-22-11-4-12-23-21/h1-12,18H,13-14H2,(H,24,26). The van der Waals surface area contributed by atoms with Crippen molar-refractivity contribution >= 4 is 29.3 Å². The van der Waals surface area contributed by atoms with Gasteiger partial charge in [0.1, 0.15) is 11.8 Å². The highest BCUT2D eigenvalue weighted by atomic mass is 32.2. The smallest absolute Gasteiger partial charge is 0.321 e. The Bertz CT molecular complexity index is 984. The van der Waals surface area contributed by atoms with Gasteiger partial charge in [0, 0.05) is 29.4 Å². The second-order valence-corrected chi connectivity index (χ2v) is 7.30. The molecule has 1 fully saturated rings. The maximum atomic E-state index is 12.8. The average molecular weight is 406 g/mol. The third-order valence-electron chi connectivity index (χ3n) is 4.34. The van der Waals surface area contributed by atoms with Crippen molar-refractivity contribution in [2.75, 3.05) is 16.9 Å². The van der Waals surface area contributed by atoms with Crippen molar-refractivity contribution in [1.82, 2.24) is 14.9 Å². The molecule has 2 amide bonds. The van der Waals surface area contributed by atoms with Crippen molar-refractivity contribution in [3.8, 4) is 11.8 Å². The maximum Gasteiger partial charge on any atom is 0.321 e. The molecule has 1 aliphatic heterocycles. The monoisotopic (exact) mass is 406 g/mol. The van der Waals surface area contributed by atoms with Crippen LogP contribution in [-0.4, -0.2) is 44.4 Å². The van der Waals surface area contributed by atoms with Gasteiger partial charge in [-0.2, -0.15) is 0 Å². The molecule has 0 aliphatic carbocycles. The number of aromatic nitrogens is 2. The van der Waals surface area contributed by atoms with Gasteiger partial charge in [-0.1, -0.05) is 18.2 Å². The van der Waals surface area contributed by atoms with E-state index < -0.39 is 6.04 Å². The lowest BCUT2D eigenvalue weighted by molar-refractivity contribution is -0.119. The summed E-state index contributed by atoms with van der Waals surface area (Å²) in [5.41, 5.74) is 1.21. The Labute approximate surface area is 172 Å². The van der Waals surface area contributed by atoms with Crippen molar-refractivity contribution in [3.05, 3.63) is 78.6 Å². The normalized spacial score (nSPS) is 15.7. The fourth-order valence-corrected chi connectivity index (χ4v) is 4.04. The largest absolute Gasteiger partial charge is 0.424 e. The van der Waals surface area contributed by atoms with Crippen LogP contribution >= 0.6 is 11.8 Å². The van der Waals surface area contributed by atoms with Crippen LogP contribution in [-0.2, 0) is 4.79 Å². The molecule has 1 saturated heterocycles. The van der Waals surface area contributed by atoms with Gasteiger partial charge < -0.3 is 15.0 Å². The van der Waals surface area contributed by atoms with Crippen LogP contribution in [0.1, 0.15) is 10.4 Å². The quantitative estimate of drug-likeness (QED) is 0.699. The van der Waals surface area contributed by atoms with E-state index in [9.17, 15) is 9.59 Å². The third kappa shape index (κ3) is 4.55. The first kappa shape index (κ1) is 18.9. The average Bonchev–Trinajstić information content (AvgIpc) is 3.26. The number of carbonyl (C=O) groups excluding carboxylic acids is 2. The Morgan fingerprint density at radius 1 is 1.00 bits per heavy atom. The van der Waals surface area contributed by atoms with Crippen LogP contribution in [0.2, 0.25) is 0 Å². The van der Waals surface area contributed by atoms with Gasteiger partial charge in [0.05, 0.1) is 5.88 Å². The molecule has 29 heavy (non-hydrogen) atoms. The Balaban J connectivity index is 1.40. The maximum absolute atomic E-state index is 12.8. The Morgan fingerprint density at radius 3 is 2.45 bits per heavy atom. The summed E-state index contributed by atoms with van der Waals surface area (Å²) < 4.78 is 5.54. The van der Waals surface area contributed by atoms with E-state index in [0.717, 1.165) is 0 Å². The number of ether oxygens (including phenoxy) is 1. The molecule has 0 saturated carbocycles. The summed E-state index contributed by atoms with van der Waals surface area (Å²) in [6.45, 7) is 0. The van der Waals surface area contributed by atoms with Crippen LogP contribution in [0.25, 0.3) is 0 Å². The molecule has 3 aromatic rings. The molecular formula is C21H18N4O3S. The SMILES string of the molecule is O=C(Nc1ccc(Oc2ncccn2)cc1)C1CSCN1C(=O)c1ccccc1. The first-order valence-electron chi connectivity index (χ1n) is 9.00. The summed E-state index contributed by atoms with van der Waals surface area (Å²) in [6.07, 6.45) is 3.19. The fraction of sp³-hybridized carbons (Fsp3) is 0.143. The van der Waals surface area contributed by atoms with Gasteiger partial charge in [-0.05, 0) is 42.5 Å². The first-order valence-corrected chi connectivity index (χ1v) is 10.2. The number of thioether (sulfide) groups is 1. The molecule has 2 heterocycles. The van der Waals surface area contributed by atoms with Gasteiger partial charge in [-0.15, -0.1) is 11.8 Å². The van der Waals surface area contributed by atoms with E-state index in [1.807, 2.05) is 18.2 Å². The van der Waals surface area contributed by atoms with Crippen LogP contribution in [0.15, 0.2) is 73.1 Å². The molecule has 8 heteroatoms. The molecule has 1 aliphatic rings. The van der Waals surface area contributed by atoms with Gasteiger partial charge in [0.2, 0.25) is 5.91 Å². The van der Waals surface area contributed by atoms with Gasteiger partial charge in [-0.25, -0.2) is 9.97 Å². The van der Waals surface area contributed by atoms with Crippen LogP contribution in [0.4, 0.5) is 5.69 Å². The highest BCUT2D eigenvalue weighted by Crippen LogP contribution is 2.25. The topological polar surface area (TPSA) is 84.4 Å². The molecule has 146 valence electrons.